The summed E-state index contributed by atoms with van der Waals surface area (Å²) < 4.78 is 0.663. The SMILES string of the molecule is N#C/C(=C/c1ccccc1[N+](=O)[O-])C(=O)Nc1ccccc1Br. The van der Waals surface area contributed by atoms with Crippen molar-refractivity contribution < 1.29 is 9.72 Å². The molecule has 2 aromatic carbocycles. The van der Waals surface area contributed by atoms with Gasteiger partial charge in [0.05, 0.1) is 16.2 Å². The van der Waals surface area contributed by atoms with Crippen LogP contribution in [0.2, 0.25) is 0 Å². The topological polar surface area (TPSA) is 96.0 Å². The zero-order valence-corrected chi connectivity index (χ0v) is 13.3. The van der Waals surface area contributed by atoms with Gasteiger partial charge in [0.2, 0.25) is 0 Å². The highest BCUT2D eigenvalue weighted by atomic mass is 79.9. The standard InChI is InChI=1S/C16H10BrN3O3/c17-13-6-2-3-7-14(13)19-16(21)12(10-18)9-11-5-1-4-8-15(11)20(22)23/h1-9H,(H,19,21)/b12-9-. The van der Waals surface area contributed by atoms with Crippen LogP contribution in [-0.4, -0.2) is 10.8 Å². The van der Waals surface area contributed by atoms with Crippen LogP contribution < -0.4 is 5.32 Å². The Hall–Kier alpha value is -2.98. The number of nitriles is 1. The van der Waals surface area contributed by atoms with E-state index in [0.717, 1.165) is 0 Å². The maximum atomic E-state index is 12.2. The van der Waals surface area contributed by atoms with Crippen molar-refractivity contribution in [2.45, 2.75) is 0 Å². The molecule has 1 amide bonds. The Labute approximate surface area is 140 Å². The number of hydrogen-bond acceptors (Lipinski definition) is 4. The van der Waals surface area contributed by atoms with Crippen LogP contribution in [0.1, 0.15) is 5.56 Å². The van der Waals surface area contributed by atoms with Gasteiger partial charge in [0.1, 0.15) is 11.6 Å². The molecular formula is C16H10BrN3O3. The van der Waals surface area contributed by atoms with Crippen molar-refractivity contribution in [2.24, 2.45) is 0 Å². The summed E-state index contributed by atoms with van der Waals surface area (Å²) in [6, 6.07) is 14.6. The number of nitrogens with zero attached hydrogens (tertiary/aromatic N) is 2. The number of para-hydroxylation sites is 2. The van der Waals surface area contributed by atoms with E-state index >= 15 is 0 Å². The molecule has 0 aliphatic rings. The second-order valence-electron chi connectivity index (χ2n) is 4.42. The number of halogens is 1. The number of nitro benzene ring substituents is 1. The Morgan fingerprint density at radius 1 is 1.22 bits per heavy atom. The van der Waals surface area contributed by atoms with Crippen LogP contribution in [0.4, 0.5) is 11.4 Å². The van der Waals surface area contributed by atoms with E-state index in [4.69, 9.17) is 0 Å². The molecule has 7 heteroatoms. The Morgan fingerprint density at radius 3 is 2.52 bits per heavy atom. The molecule has 2 aromatic rings. The highest BCUT2D eigenvalue weighted by molar-refractivity contribution is 9.10. The Balaban J connectivity index is 2.33. The van der Waals surface area contributed by atoms with Gasteiger partial charge in [-0.25, -0.2) is 0 Å². The summed E-state index contributed by atoms with van der Waals surface area (Å²) in [4.78, 5) is 22.6. The monoisotopic (exact) mass is 371 g/mol. The van der Waals surface area contributed by atoms with Gasteiger partial charge in [0.25, 0.3) is 11.6 Å². The first-order chi connectivity index (χ1) is 11.0. The zero-order chi connectivity index (χ0) is 16.8. The van der Waals surface area contributed by atoms with Crippen LogP contribution in [0, 0.1) is 21.4 Å². The first-order valence-electron chi connectivity index (χ1n) is 6.44. The molecule has 0 atom stereocenters. The average molecular weight is 372 g/mol. The van der Waals surface area contributed by atoms with Gasteiger partial charge in [-0.05, 0) is 40.2 Å². The van der Waals surface area contributed by atoms with Gasteiger partial charge in [0.15, 0.2) is 0 Å². The van der Waals surface area contributed by atoms with Crippen molar-refractivity contribution in [1.29, 1.82) is 5.26 Å². The van der Waals surface area contributed by atoms with Crippen molar-refractivity contribution in [3.05, 3.63) is 74.3 Å². The van der Waals surface area contributed by atoms with E-state index in [1.807, 2.05) is 0 Å². The predicted molar refractivity (Wildman–Crippen MR) is 89.5 cm³/mol. The first-order valence-corrected chi connectivity index (χ1v) is 7.23. The fourth-order valence-corrected chi connectivity index (χ4v) is 2.22. The van der Waals surface area contributed by atoms with Crippen LogP contribution in [-0.2, 0) is 4.79 Å². The van der Waals surface area contributed by atoms with Gasteiger partial charge >= 0.3 is 0 Å². The van der Waals surface area contributed by atoms with Crippen LogP contribution in [0.3, 0.4) is 0 Å². The van der Waals surface area contributed by atoms with Crippen molar-refractivity contribution in [3.8, 4) is 6.07 Å². The average Bonchev–Trinajstić information content (AvgIpc) is 2.54. The Kier molecular flexibility index (Phi) is 5.23. The van der Waals surface area contributed by atoms with Crippen LogP contribution in [0.5, 0.6) is 0 Å². The molecule has 0 aliphatic carbocycles. The molecule has 0 bridgehead atoms. The third-order valence-electron chi connectivity index (χ3n) is 2.92. The van der Waals surface area contributed by atoms with Gasteiger partial charge < -0.3 is 5.32 Å². The lowest BCUT2D eigenvalue weighted by atomic mass is 10.1. The molecule has 0 fully saturated rings. The van der Waals surface area contributed by atoms with Crippen molar-refractivity contribution in [1.82, 2.24) is 0 Å². The first kappa shape index (κ1) is 16.4. The number of amides is 1. The molecule has 0 aliphatic heterocycles. The number of carbonyl (C=O) groups is 1. The van der Waals surface area contributed by atoms with E-state index < -0.39 is 10.8 Å². The molecule has 23 heavy (non-hydrogen) atoms. The van der Waals surface area contributed by atoms with Gasteiger partial charge in [-0.15, -0.1) is 0 Å². The summed E-state index contributed by atoms with van der Waals surface area (Å²) in [7, 11) is 0. The van der Waals surface area contributed by atoms with E-state index in [1.54, 1.807) is 36.4 Å². The summed E-state index contributed by atoms with van der Waals surface area (Å²) in [6.45, 7) is 0. The van der Waals surface area contributed by atoms with E-state index in [0.29, 0.717) is 10.2 Å². The lowest BCUT2D eigenvalue weighted by molar-refractivity contribution is -0.385. The van der Waals surface area contributed by atoms with E-state index in [2.05, 4.69) is 21.2 Å². The van der Waals surface area contributed by atoms with Gasteiger partial charge in [-0.2, -0.15) is 5.26 Å². The molecule has 2 rings (SSSR count). The number of rotatable bonds is 4. The van der Waals surface area contributed by atoms with E-state index in [9.17, 15) is 20.2 Å². The normalized spacial score (nSPS) is 10.7. The third-order valence-corrected chi connectivity index (χ3v) is 3.61. The quantitative estimate of drug-likeness (QED) is 0.381. The van der Waals surface area contributed by atoms with Gasteiger partial charge in [0, 0.05) is 10.5 Å². The molecule has 0 spiro atoms. The van der Waals surface area contributed by atoms with E-state index in [-0.39, 0.29) is 16.8 Å². The molecule has 0 aromatic heterocycles. The predicted octanol–water partition coefficient (Wildman–Crippen LogP) is 3.90. The Bertz CT molecular complexity index is 840. The lowest BCUT2D eigenvalue weighted by Crippen LogP contribution is -2.13. The third kappa shape index (κ3) is 4.02. The molecule has 1 N–H and O–H groups in total. The smallest absolute Gasteiger partial charge is 0.276 e. The summed E-state index contributed by atoms with van der Waals surface area (Å²) >= 11 is 3.29. The molecule has 114 valence electrons. The summed E-state index contributed by atoms with van der Waals surface area (Å²) in [5.74, 6) is -0.641. The number of carbonyl (C=O) groups excluding carboxylic acids is 1. The van der Waals surface area contributed by atoms with Gasteiger partial charge in [-0.1, -0.05) is 24.3 Å². The number of anilines is 1. The summed E-state index contributed by atoms with van der Waals surface area (Å²) in [5.41, 5.74) is 0.293. The largest absolute Gasteiger partial charge is 0.320 e. The highest BCUT2D eigenvalue weighted by Crippen LogP contribution is 2.23. The molecule has 0 heterocycles. The van der Waals surface area contributed by atoms with E-state index in [1.165, 1.54) is 24.3 Å². The van der Waals surface area contributed by atoms with Crippen molar-refractivity contribution >= 4 is 39.3 Å². The Morgan fingerprint density at radius 2 is 1.87 bits per heavy atom. The summed E-state index contributed by atoms with van der Waals surface area (Å²) in [6.07, 6.45) is 1.20. The number of benzene rings is 2. The lowest BCUT2D eigenvalue weighted by Gasteiger charge is -2.06. The highest BCUT2D eigenvalue weighted by Gasteiger charge is 2.15. The van der Waals surface area contributed by atoms with Gasteiger partial charge in [-0.3, -0.25) is 14.9 Å². The minimum Gasteiger partial charge on any atom is -0.320 e. The molecule has 0 radical (unpaired) electrons. The summed E-state index contributed by atoms with van der Waals surface area (Å²) in [5, 5.41) is 22.7. The second kappa shape index (κ2) is 7.33. The maximum Gasteiger partial charge on any atom is 0.276 e. The second-order valence-corrected chi connectivity index (χ2v) is 5.27. The molecule has 0 saturated heterocycles. The van der Waals surface area contributed by atoms with Crippen molar-refractivity contribution in [2.75, 3.05) is 5.32 Å². The van der Waals surface area contributed by atoms with Crippen LogP contribution in [0.15, 0.2) is 58.6 Å². The minimum absolute atomic E-state index is 0.172. The fourth-order valence-electron chi connectivity index (χ4n) is 1.83. The molecule has 6 nitrogen and oxygen atoms in total. The number of nitro groups is 1. The molecular weight excluding hydrogens is 362 g/mol. The zero-order valence-electron chi connectivity index (χ0n) is 11.7. The molecule has 0 saturated carbocycles. The van der Waals surface area contributed by atoms with Crippen molar-refractivity contribution in [3.63, 3.8) is 0 Å². The maximum absolute atomic E-state index is 12.2. The number of hydrogen-bond donors (Lipinski definition) is 1. The fraction of sp³-hybridized carbons (Fsp3) is 0. The van der Waals surface area contributed by atoms with Crippen LogP contribution in [0.25, 0.3) is 6.08 Å². The molecule has 0 unspecified atom stereocenters. The van der Waals surface area contributed by atoms with Crippen LogP contribution >= 0.6 is 15.9 Å². The number of nitrogens with one attached hydrogen (secondary N) is 1. The minimum atomic E-state index is -0.641.